The quantitative estimate of drug-likeness (QED) is 0.803. The Morgan fingerprint density at radius 3 is 2.33 bits per heavy atom. The van der Waals surface area contributed by atoms with Crippen LogP contribution in [0, 0.1) is 5.41 Å². The molecule has 3 nitrogen and oxygen atoms in total. The van der Waals surface area contributed by atoms with Gasteiger partial charge in [0.1, 0.15) is 0 Å². The van der Waals surface area contributed by atoms with Gasteiger partial charge in [0.05, 0.1) is 5.54 Å². The van der Waals surface area contributed by atoms with Gasteiger partial charge >= 0.3 is 0 Å². The van der Waals surface area contributed by atoms with Crippen molar-refractivity contribution in [1.29, 1.82) is 0 Å². The molecule has 1 saturated heterocycles. The van der Waals surface area contributed by atoms with E-state index in [-0.39, 0.29) is 16.9 Å². The highest BCUT2D eigenvalue weighted by Crippen LogP contribution is 2.37. The van der Waals surface area contributed by atoms with Crippen LogP contribution in [0.5, 0.6) is 0 Å². The van der Waals surface area contributed by atoms with Crippen molar-refractivity contribution < 1.29 is 9.53 Å². The molecule has 0 aromatic carbocycles. The van der Waals surface area contributed by atoms with E-state index in [0.29, 0.717) is 19.1 Å². The van der Waals surface area contributed by atoms with Gasteiger partial charge in [-0.2, -0.15) is 0 Å². The molecule has 1 saturated carbocycles. The molecule has 2 fully saturated rings. The lowest BCUT2D eigenvalue weighted by Gasteiger charge is -2.41. The van der Waals surface area contributed by atoms with Crippen LogP contribution in [-0.4, -0.2) is 30.5 Å². The summed E-state index contributed by atoms with van der Waals surface area (Å²) in [5.41, 5.74) is -0.424. The third-order valence-corrected chi connectivity index (χ3v) is 5.10. The Morgan fingerprint density at radius 2 is 1.78 bits per heavy atom. The van der Waals surface area contributed by atoms with Crippen LogP contribution in [0.15, 0.2) is 0 Å². The van der Waals surface area contributed by atoms with Crippen molar-refractivity contribution in [1.82, 2.24) is 5.32 Å². The first-order chi connectivity index (χ1) is 8.60. The highest BCUT2D eigenvalue weighted by atomic mass is 35.5. The number of carbonyl (C=O) groups excluding carboxylic acids is 1. The smallest absolute Gasteiger partial charge is 0.226 e. The number of alkyl halides is 1. The Morgan fingerprint density at radius 1 is 1.17 bits per heavy atom. The monoisotopic (exact) mass is 273 g/mol. The van der Waals surface area contributed by atoms with E-state index >= 15 is 0 Å². The van der Waals surface area contributed by atoms with Gasteiger partial charge in [0.15, 0.2) is 0 Å². The fraction of sp³-hybridized carbons (Fsp3) is 0.929. The lowest BCUT2D eigenvalue weighted by Crippen LogP contribution is -2.57. The maximum absolute atomic E-state index is 12.5. The molecule has 0 bridgehead atoms. The summed E-state index contributed by atoms with van der Waals surface area (Å²) in [5, 5.41) is 3.24. The molecule has 0 unspecified atom stereocenters. The number of ether oxygens (including phenoxy) is 1. The number of carbonyl (C=O) groups is 1. The zero-order valence-electron chi connectivity index (χ0n) is 11.3. The molecular weight excluding hydrogens is 250 g/mol. The standard InChI is InChI=1S/C14H24ClNO2/c1-13(5-3-2-4-6-13)12(17)16-14(11-15)7-9-18-10-8-14/h2-11H2,1H3,(H,16,17). The van der Waals surface area contributed by atoms with Crippen LogP contribution in [0.1, 0.15) is 51.9 Å². The first-order valence-corrected chi connectivity index (χ1v) is 7.60. The van der Waals surface area contributed by atoms with Crippen LogP contribution in [0.25, 0.3) is 0 Å². The predicted octanol–water partition coefficient (Wildman–Crippen LogP) is 2.86. The average Bonchev–Trinajstić information content (AvgIpc) is 2.40. The lowest BCUT2D eigenvalue weighted by atomic mass is 9.74. The molecular formula is C14H24ClNO2. The van der Waals surface area contributed by atoms with Crippen molar-refractivity contribution in [2.24, 2.45) is 5.41 Å². The van der Waals surface area contributed by atoms with Gasteiger partial charge in [-0.25, -0.2) is 0 Å². The van der Waals surface area contributed by atoms with E-state index in [1.54, 1.807) is 0 Å². The number of halogens is 1. The normalized spacial score (nSPS) is 26.6. The van der Waals surface area contributed by atoms with E-state index in [1.807, 2.05) is 0 Å². The average molecular weight is 274 g/mol. The molecule has 0 radical (unpaired) electrons. The molecule has 0 atom stereocenters. The number of hydrogen-bond donors (Lipinski definition) is 1. The zero-order valence-corrected chi connectivity index (χ0v) is 12.0. The number of rotatable bonds is 3. The molecule has 4 heteroatoms. The maximum atomic E-state index is 12.5. The Bertz CT molecular complexity index is 294. The summed E-state index contributed by atoms with van der Waals surface area (Å²) in [4.78, 5) is 12.5. The van der Waals surface area contributed by atoms with Crippen LogP contribution in [0.2, 0.25) is 0 Å². The van der Waals surface area contributed by atoms with E-state index < -0.39 is 0 Å². The van der Waals surface area contributed by atoms with Crippen molar-refractivity contribution in [3.8, 4) is 0 Å². The molecule has 18 heavy (non-hydrogen) atoms. The van der Waals surface area contributed by atoms with Crippen molar-refractivity contribution >= 4 is 17.5 Å². The molecule has 0 aromatic rings. The van der Waals surface area contributed by atoms with Gasteiger partial charge in [-0.05, 0) is 25.7 Å². The van der Waals surface area contributed by atoms with Crippen molar-refractivity contribution in [3.05, 3.63) is 0 Å². The molecule has 1 heterocycles. The van der Waals surface area contributed by atoms with Gasteiger partial charge < -0.3 is 10.1 Å². The van der Waals surface area contributed by atoms with Gasteiger partial charge in [0, 0.05) is 24.5 Å². The summed E-state index contributed by atoms with van der Waals surface area (Å²) in [5.74, 6) is 0.683. The van der Waals surface area contributed by atoms with Gasteiger partial charge in [-0.3, -0.25) is 4.79 Å². The molecule has 1 amide bonds. The summed E-state index contributed by atoms with van der Waals surface area (Å²) in [6.07, 6.45) is 7.28. The summed E-state index contributed by atoms with van der Waals surface area (Å²) < 4.78 is 5.37. The van der Waals surface area contributed by atoms with Crippen LogP contribution < -0.4 is 5.32 Å². The first kappa shape index (κ1) is 14.1. The first-order valence-electron chi connectivity index (χ1n) is 7.07. The second-order valence-corrected chi connectivity index (χ2v) is 6.37. The van der Waals surface area contributed by atoms with Crippen LogP contribution in [0.3, 0.4) is 0 Å². The molecule has 1 aliphatic heterocycles. The highest BCUT2D eigenvalue weighted by molar-refractivity contribution is 6.18. The molecule has 2 aliphatic rings. The second kappa shape index (κ2) is 5.79. The second-order valence-electron chi connectivity index (χ2n) is 6.10. The summed E-state index contributed by atoms with van der Waals surface area (Å²) in [7, 11) is 0. The summed E-state index contributed by atoms with van der Waals surface area (Å²) in [6, 6.07) is 0. The minimum absolute atomic E-state index is 0.185. The highest BCUT2D eigenvalue weighted by Gasteiger charge is 2.40. The minimum Gasteiger partial charge on any atom is -0.381 e. The van der Waals surface area contributed by atoms with Crippen molar-refractivity contribution in [3.63, 3.8) is 0 Å². The Hall–Kier alpha value is -0.280. The molecule has 1 N–H and O–H groups in total. The number of amides is 1. The molecule has 0 spiro atoms. The third-order valence-electron chi connectivity index (χ3n) is 4.59. The van der Waals surface area contributed by atoms with E-state index in [9.17, 15) is 4.79 Å². The van der Waals surface area contributed by atoms with E-state index in [2.05, 4.69) is 12.2 Å². The van der Waals surface area contributed by atoms with E-state index in [0.717, 1.165) is 25.7 Å². The Balaban J connectivity index is 2.00. The summed E-state index contributed by atoms with van der Waals surface area (Å²) >= 11 is 6.10. The van der Waals surface area contributed by atoms with E-state index in [1.165, 1.54) is 19.3 Å². The molecule has 2 rings (SSSR count). The van der Waals surface area contributed by atoms with Crippen LogP contribution in [-0.2, 0) is 9.53 Å². The van der Waals surface area contributed by atoms with Gasteiger partial charge in [-0.15, -0.1) is 11.6 Å². The fourth-order valence-corrected chi connectivity index (χ4v) is 3.34. The SMILES string of the molecule is CC1(C(=O)NC2(CCl)CCOCC2)CCCCC1. The molecule has 1 aliphatic carbocycles. The molecule has 104 valence electrons. The van der Waals surface area contributed by atoms with Crippen LogP contribution >= 0.6 is 11.6 Å². The van der Waals surface area contributed by atoms with Crippen molar-refractivity contribution in [2.45, 2.75) is 57.4 Å². The Kier molecular flexibility index (Phi) is 4.54. The Labute approximate surface area is 115 Å². The molecule has 0 aromatic heterocycles. The lowest BCUT2D eigenvalue weighted by molar-refractivity contribution is -0.134. The zero-order chi connectivity index (χ0) is 13.1. The predicted molar refractivity (Wildman–Crippen MR) is 72.8 cm³/mol. The van der Waals surface area contributed by atoms with E-state index in [4.69, 9.17) is 16.3 Å². The number of hydrogen-bond acceptors (Lipinski definition) is 2. The van der Waals surface area contributed by atoms with Gasteiger partial charge in [0.25, 0.3) is 0 Å². The summed E-state index contributed by atoms with van der Waals surface area (Å²) in [6.45, 7) is 3.50. The van der Waals surface area contributed by atoms with Crippen molar-refractivity contribution in [2.75, 3.05) is 19.1 Å². The fourth-order valence-electron chi connectivity index (χ4n) is 3.01. The van der Waals surface area contributed by atoms with Crippen LogP contribution in [0.4, 0.5) is 0 Å². The number of nitrogens with one attached hydrogen (secondary N) is 1. The van der Waals surface area contributed by atoms with Gasteiger partial charge in [-0.1, -0.05) is 26.2 Å². The maximum Gasteiger partial charge on any atom is 0.226 e. The largest absolute Gasteiger partial charge is 0.381 e. The third kappa shape index (κ3) is 3.00. The minimum atomic E-state index is -0.239. The topological polar surface area (TPSA) is 38.3 Å². The van der Waals surface area contributed by atoms with Gasteiger partial charge in [0.2, 0.25) is 5.91 Å².